The predicted molar refractivity (Wildman–Crippen MR) is 85.1 cm³/mol. The van der Waals surface area contributed by atoms with E-state index >= 15 is 0 Å². The molecule has 0 saturated carbocycles. The lowest BCUT2D eigenvalue weighted by molar-refractivity contribution is 0.175. The number of aliphatic hydroxyl groups excluding tert-OH is 1. The summed E-state index contributed by atoms with van der Waals surface area (Å²) in [6, 6.07) is 5.93. The SMILES string of the molecule is CCc1nn(C)c(CC(O)c2ccc(C)cc2Br)c1Cl. The van der Waals surface area contributed by atoms with Gasteiger partial charge in [-0.2, -0.15) is 5.10 Å². The summed E-state index contributed by atoms with van der Waals surface area (Å²) in [5.74, 6) is 0. The number of hydrogen-bond donors (Lipinski definition) is 1. The van der Waals surface area contributed by atoms with Gasteiger partial charge in [-0.1, -0.05) is 46.6 Å². The molecule has 108 valence electrons. The molecule has 0 saturated heterocycles. The van der Waals surface area contributed by atoms with Gasteiger partial charge in [0.05, 0.1) is 22.5 Å². The first-order chi connectivity index (χ1) is 9.43. The summed E-state index contributed by atoms with van der Waals surface area (Å²) < 4.78 is 2.67. The van der Waals surface area contributed by atoms with Crippen LogP contribution < -0.4 is 0 Å². The highest BCUT2D eigenvalue weighted by Gasteiger charge is 2.19. The number of nitrogens with zero attached hydrogens (tertiary/aromatic N) is 2. The van der Waals surface area contributed by atoms with Crippen LogP contribution in [0, 0.1) is 6.92 Å². The fourth-order valence-electron chi connectivity index (χ4n) is 2.24. The van der Waals surface area contributed by atoms with Crippen molar-refractivity contribution in [1.29, 1.82) is 0 Å². The third-order valence-electron chi connectivity index (χ3n) is 3.40. The van der Waals surface area contributed by atoms with Gasteiger partial charge in [0.25, 0.3) is 0 Å². The van der Waals surface area contributed by atoms with Crippen LogP contribution in [0.1, 0.15) is 35.5 Å². The van der Waals surface area contributed by atoms with Crippen LogP contribution in [0.5, 0.6) is 0 Å². The van der Waals surface area contributed by atoms with Gasteiger partial charge in [-0.3, -0.25) is 4.68 Å². The van der Waals surface area contributed by atoms with E-state index in [2.05, 4.69) is 21.0 Å². The number of aryl methyl sites for hydroxylation is 3. The summed E-state index contributed by atoms with van der Waals surface area (Å²) in [5, 5.41) is 15.5. The van der Waals surface area contributed by atoms with Crippen LogP contribution in [-0.2, 0) is 19.9 Å². The van der Waals surface area contributed by atoms with Gasteiger partial charge < -0.3 is 5.11 Å². The zero-order valence-electron chi connectivity index (χ0n) is 11.8. The Kier molecular flexibility index (Phi) is 4.89. The Balaban J connectivity index is 2.27. The van der Waals surface area contributed by atoms with E-state index in [1.54, 1.807) is 4.68 Å². The molecule has 20 heavy (non-hydrogen) atoms. The third kappa shape index (κ3) is 3.08. The van der Waals surface area contributed by atoms with Crippen molar-refractivity contribution in [2.24, 2.45) is 7.05 Å². The van der Waals surface area contributed by atoms with Crippen molar-refractivity contribution < 1.29 is 5.11 Å². The smallest absolute Gasteiger partial charge is 0.0856 e. The van der Waals surface area contributed by atoms with E-state index in [1.165, 1.54) is 0 Å². The molecule has 0 radical (unpaired) electrons. The molecular formula is C15H18BrClN2O. The molecule has 0 amide bonds. The van der Waals surface area contributed by atoms with Crippen LogP contribution in [-0.4, -0.2) is 14.9 Å². The van der Waals surface area contributed by atoms with Gasteiger partial charge in [-0.15, -0.1) is 0 Å². The molecule has 1 aromatic heterocycles. The van der Waals surface area contributed by atoms with Crippen LogP contribution in [0.2, 0.25) is 5.02 Å². The van der Waals surface area contributed by atoms with Crippen molar-refractivity contribution in [2.75, 3.05) is 0 Å². The van der Waals surface area contributed by atoms with Crippen LogP contribution in [0.3, 0.4) is 0 Å². The number of aromatic nitrogens is 2. The zero-order chi connectivity index (χ0) is 14.9. The van der Waals surface area contributed by atoms with Gasteiger partial charge in [0.1, 0.15) is 0 Å². The fraction of sp³-hybridized carbons (Fsp3) is 0.400. The number of aliphatic hydroxyl groups is 1. The minimum Gasteiger partial charge on any atom is -0.388 e. The normalized spacial score (nSPS) is 12.7. The molecule has 3 nitrogen and oxygen atoms in total. The van der Waals surface area contributed by atoms with Crippen LogP contribution in [0.4, 0.5) is 0 Å². The summed E-state index contributed by atoms with van der Waals surface area (Å²) in [5.41, 5.74) is 3.76. The monoisotopic (exact) mass is 356 g/mol. The number of rotatable bonds is 4. The zero-order valence-corrected chi connectivity index (χ0v) is 14.2. The molecule has 2 rings (SSSR count). The second kappa shape index (κ2) is 6.29. The van der Waals surface area contributed by atoms with Crippen molar-refractivity contribution in [2.45, 2.75) is 32.8 Å². The highest BCUT2D eigenvalue weighted by Crippen LogP contribution is 2.30. The van der Waals surface area contributed by atoms with Gasteiger partial charge in [0, 0.05) is 17.9 Å². The Morgan fingerprint density at radius 1 is 1.45 bits per heavy atom. The molecule has 1 unspecified atom stereocenters. The Hall–Kier alpha value is -0.840. The minimum atomic E-state index is -0.609. The topological polar surface area (TPSA) is 38.0 Å². The summed E-state index contributed by atoms with van der Waals surface area (Å²) in [7, 11) is 1.86. The van der Waals surface area contributed by atoms with E-state index in [-0.39, 0.29) is 0 Å². The van der Waals surface area contributed by atoms with Gasteiger partial charge in [0.2, 0.25) is 0 Å². The fourth-order valence-corrected chi connectivity index (χ4v) is 3.37. The Morgan fingerprint density at radius 3 is 2.70 bits per heavy atom. The molecule has 2 aromatic rings. The lowest BCUT2D eigenvalue weighted by atomic mass is 10.0. The molecular weight excluding hydrogens is 340 g/mol. The number of halogens is 2. The molecule has 0 bridgehead atoms. The van der Waals surface area contributed by atoms with Crippen molar-refractivity contribution in [3.63, 3.8) is 0 Å². The molecule has 1 N–H and O–H groups in total. The quantitative estimate of drug-likeness (QED) is 0.898. The second-order valence-electron chi connectivity index (χ2n) is 4.93. The number of hydrogen-bond acceptors (Lipinski definition) is 2. The first-order valence-electron chi connectivity index (χ1n) is 6.58. The van der Waals surface area contributed by atoms with Crippen molar-refractivity contribution in [1.82, 2.24) is 9.78 Å². The van der Waals surface area contributed by atoms with E-state index in [9.17, 15) is 5.11 Å². The molecule has 0 aliphatic carbocycles. The van der Waals surface area contributed by atoms with Crippen LogP contribution >= 0.6 is 27.5 Å². The van der Waals surface area contributed by atoms with E-state index < -0.39 is 6.10 Å². The lowest BCUT2D eigenvalue weighted by Gasteiger charge is -2.14. The van der Waals surface area contributed by atoms with Crippen molar-refractivity contribution in [3.05, 3.63) is 50.2 Å². The van der Waals surface area contributed by atoms with E-state index in [4.69, 9.17) is 11.6 Å². The number of benzene rings is 1. The predicted octanol–water partition coefficient (Wildman–Crippen LogP) is 3.98. The molecule has 0 aliphatic rings. The van der Waals surface area contributed by atoms with Gasteiger partial charge in [-0.05, 0) is 30.5 Å². The average molecular weight is 358 g/mol. The second-order valence-corrected chi connectivity index (χ2v) is 6.16. The summed E-state index contributed by atoms with van der Waals surface area (Å²) in [6.07, 6.45) is 0.628. The Morgan fingerprint density at radius 2 is 2.15 bits per heavy atom. The van der Waals surface area contributed by atoms with E-state index in [0.717, 1.165) is 33.4 Å². The average Bonchev–Trinajstić information content (AvgIpc) is 2.66. The third-order valence-corrected chi connectivity index (χ3v) is 4.53. The molecule has 5 heteroatoms. The summed E-state index contributed by atoms with van der Waals surface area (Å²) in [6.45, 7) is 4.04. The summed E-state index contributed by atoms with van der Waals surface area (Å²) in [4.78, 5) is 0. The van der Waals surface area contributed by atoms with Crippen LogP contribution in [0.25, 0.3) is 0 Å². The van der Waals surface area contributed by atoms with E-state index in [1.807, 2.05) is 39.1 Å². The molecule has 0 aliphatic heterocycles. The minimum absolute atomic E-state index is 0.448. The first kappa shape index (κ1) is 15.5. The first-order valence-corrected chi connectivity index (χ1v) is 7.75. The molecule has 1 atom stereocenters. The maximum Gasteiger partial charge on any atom is 0.0856 e. The Labute approximate surface area is 132 Å². The Bertz CT molecular complexity index is 625. The molecule has 0 spiro atoms. The maximum absolute atomic E-state index is 10.4. The van der Waals surface area contributed by atoms with Gasteiger partial charge in [-0.25, -0.2) is 0 Å². The molecule has 1 heterocycles. The van der Waals surface area contributed by atoms with Crippen LogP contribution in [0.15, 0.2) is 22.7 Å². The van der Waals surface area contributed by atoms with E-state index in [0.29, 0.717) is 11.4 Å². The standard InChI is InChI=1S/C15H18BrClN2O/c1-4-12-15(17)13(19(3)18-12)8-14(20)10-6-5-9(2)7-11(10)16/h5-7,14,20H,4,8H2,1-3H3. The lowest BCUT2D eigenvalue weighted by Crippen LogP contribution is -2.07. The maximum atomic E-state index is 10.4. The van der Waals surface area contributed by atoms with Gasteiger partial charge in [0.15, 0.2) is 0 Å². The highest BCUT2D eigenvalue weighted by molar-refractivity contribution is 9.10. The highest BCUT2D eigenvalue weighted by atomic mass is 79.9. The molecule has 0 fully saturated rings. The van der Waals surface area contributed by atoms with Gasteiger partial charge >= 0.3 is 0 Å². The van der Waals surface area contributed by atoms with Crippen molar-refractivity contribution >= 4 is 27.5 Å². The molecule has 1 aromatic carbocycles. The van der Waals surface area contributed by atoms with Crippen molar-refractivity contribution in [3.8, 4) is 0 Å². The summed E-state index contributed by atoms with van der Waals surface area (Å²) >= 11 is 9.82. The largest absolute Gasteiger partial charge is 0.388 e.